The highest BCUT2D eigenvalue weighted by atomic mass is 35.5. The second-order valence-corrected chi connectivity index (χ2v) is 5.55. The van der Waals surface area contributed by atoms with Crippen LogP contribution < -0.4 is 4.72 Å². The summed E-state index contributed by atoms with van der Waals surface area (Å²) in [5.74, 6) is 0.298. The van der Waals surface area contributed by atoms with Crippen molar-refractivity contribution in [3.8, 4) is 0 Å². The normalized spacial score (nSPS) is 24.5. The molecule has 1 rings (SSSR count). The molecule has 0 amide bonds. The molecule has 0 aromatic carbocycles. The third-order valence-corrected chi connectivity index (χ3v) is 3.75. The molecular formula is C7H14ClNO3S. The second kappa shape index (κ2) is 5.14. The van der Waals surface area contributed by atoms with Crippen LogP contribution in [0.4, 0.5) is 0 Å². The van der Waals surface area contributed by atoms with Crippen molar-refractivity contribution < 1.29 is 13.2 Å². The highest BCUT2D eigenvalue weighted by molar-refractivity contribution is 7.90. The first-order valence-corrected chi connectivity index (χ1v) is 6.44. The molecule has 0 spiro atoms. The zero-order valence-electron chi connectivity index (χ0n) is 7.33. The van der Waals surface area contributed by atoms with Gasteiger partial charge in [-0.15, -0.1) is 11.6 Å². The van der Waals surface area contributed by atoms with Gasteiger partial charge in [0.25, 0.3) is 0 Å². The van der Waals surface area contributed by atoms with E-state index in [1.54, 1.807) is 0 Å². The van der Waals surface area contributed by atoms with Gasteiger partial charge in [0.1, 0.15) is 5.21 Å². The lowest BCUT2D eigenvalue weighted by Gasteiger charge is -2.21. The van der Waals surface area contributed by atoms with Gasteiger partial charge in [0.2, 0.25) is 10.0 Å². The van der Waals surface area contributed by atoms with Crippen molar-refractivity contribution in [3.05, 3.63) is 0 Å². The minimum atomic E-state index is -3.26. The molecule has 1 N–H and O–H groups in total. The summed E-state index contributed by atoms with van der Waals surface area (Å²) in [4.78, 5) is 0. The van der Waals surface area contributed by atoms with Crippen molar-refractivity contribution in [2.75, 3.05) is 25.0 Å². The van der Waals surface area contributed by atoms with Crippen molar-refractivity contribution in [1.29, 1.82) is 0 Å². The fourth-order valence-corrected chi connectivity index (χ4v) is 2.05. The highest BCUT2D eigenvalue weighted by Gasteiger charge is 2.16. The van der Waals surface area contributed by atoms with E-state index < -0.39 is 10.0 Å². The van der Waals surface area contributed by atoms with E-state index in [1.807, 2.05) is 0 Å². The summed E-state index contributed by atoms with van der Waals surface area (Å²) in [6.07, 6.45) is 2.03. The second-order valence-electron chi connectivity index (χ2n) is 3.16. The van der Waals surface area contributed by atoms with Gasteiger partial charge in [-0.05, 0) is 18.8 Å². The zero-order chi connectivity index (χ0) is 9.73. The number of nitrogens with one attached hydrogen (secondary N) is 1. The number of sulfonamides is 1. The fraction of sp³-hybridized carbons (Fsp3) is 1.00. The Bertz CT molecular complexity index is 236. The Balaban J connectivity index is 2.25. The first kappa shape index (κ1) is 11.2. The summed E-state index contributed by atoms with van der Waals surface area (Å²) >= 11 is 5.23. The van der Waals surface area contributed by atoms with Crippen LogP contribution in [0.3, 0.4) is 0 Å². The molecule has 0 aromatic rings. The summed E-state index contributed by atoms with van der Waals surface area (Å²) < 4.78 is 29.6. The zero-order valence-corrected chi connectivity index (χ0v) is 8.90. The summed E-state index contributed by atoms with van der Waals surface area (Å²) in [5, 5.41) is -0.374. The van der Waals surface area contributed by atoms with E-state index >= 15 is 0 Å². The monoisotopic (exact) mass is 227 g/mol. The van der Waals surface area contributed by atoms with Gasteiger partial charge < -0.3 is 4.74 Å². The van der Waals surface area contributed by atoms with Gasteiger partial charge in [0.15, 0.2) is 0 Å². The molecule has 0 aliphatic carbocycles. The van der Waals surface area contributed by atoms with Crippen molar-refractivity contribution in [2.24, 2.45) is 5.92 Å². The van der Waals surface area contributed by atoms with Crippen LogP contribution in [-0.2, 0) is 14.8 Å². The van der Waals surface area contributed by atoms with Crippen LogP contribution in [0.15, 0.2) is 0 Å². The van der Waals surface area contributed by atoms with E-state index in [0.29, 0.717) is 19.1 Å². The maximum atomic E-state index is 11.0. The minimum absolute atomic E-state index is 0.298. The summed E-state index contributed by atoms with van der Waals surface area (Å²) in [6, 6.07) is 0. The predicted molar refractivity (Wildman–Crippen MR) is 51.2 cm³/mol. The van der Waals surface area contributed by atoms with Crippen molar-refractivity contribution >= 4 is 21.6 Å². The largest absolute Gasteiger partial charge is 0.381 e. The number of hydrogen-bond acceptors (Lipinski definition) is 3. The lowest BCUT2D eigenvalue weighted by Crippen LogP contribution is -2.33. The Morgan fingerprint density at radius 3 is 2.85 bits per heavy atom. The molecule has 1 aliphatic heterocycles. The standard InChI is InChI=1S/C7H14ClNO3S/c8-6-13(10,11)9-4-7-2-1-3-12-5-7/h7,9H,1-6H2. The molecule has 1 saturated heterocycles. The third kappa shape index (κ3) is 4.26. The molecule has 6 heteroatoms. The summed E-state index contributed by atoms with van der Waals surface area (Å²) in [5.41, 5.74) is 0. The predicted octanol–water partition coefficient (Wildman–Crippen LogP) is 0.529. The maximum absolute atomic E-state index is 11.0. The van der Waals surface area contributed by atoms with Gasteiger partial charge in [0.05, 0.1) is 6.61 Å². The molecule has 0 bridgehead atoms. The van der Waals surface area contributed by atoms with Crippen LogP contribution >= 0.6 is 11.6 Å². The SMILES string of the molecule is O=S(=O)(CCl)NCC1CCCOC1. The molecular weight excluding hydrogens is 214 g/mol. The Morgan fingerprint density at radius 1 is 1.54 bits per heavy atom. The molecule has 13 heavy (non-hydrogen) atoms. The Morgan fingerprint density at radius 2 is 2.31 bits per heavy atom. The van der Waals surface area contributed by atoms with Crippen LogP contribution in [0.1, 0.15) is 12.8 Å². The number of rotatable bonds is 4. The maximum Gasteiger partial charge on any atom is 0.225 e. The first-order valence-electron chi connectivity index (χ1n) is 4.25. The number of ether oxygens (including phenoxy) is 1. The molecule has 1 atom stereocenters. The quantitative estimate of drug-likeness (QED) is 0.713. The van der Waals surface area contributed by atoms with Gasteiger partial charge >= 0.3 is 0 Å². The van der Waals surface area contributed by atoms with Crippen LogP contribution in [0.2, 0.25) is 0 Å². The van der Waals surface area contributed by atoms with E-state index in [2.05, 4.69) is 4.72 Å². The lowest BCUT2D eigenvalue weighted by atomic mass is 10.0. The van der Waals surface area contributed by atoms with Gasteiger partial charge in [-0.25, -0.2) is 13.1 Å². The third-order valence-electron chi connectivity index (χ3n) is 1.99. The Kier molecular flexibility index (Phi) is 4.45. The number of halogens is 1. The lowest BCUT2D eigenvalue weighted by molar-refractivity contribution is 0.0568. The number of alkyl halides is 1. The van der Waals surface area contributed by atoms with Gasteiger partial charge in [-0.2, -0.15) is 0 Å². The average Bonchev–Trinajstić information content (AvgIpc) is 2.17. The molecule has 0 saturated carbocycles. The van der Waals surface area contributed by atoms with Gasteiger partial charge in [-0.3, -0.25) is 0 Å². The van der Waals surface area contributed by atoms with E-state index in [9.17, 15) is 8.42 Å². The minimum Gasteiger partial charge on any atom is -0.381 e. The molecule has 0 aromatic heterocycles. The fourth-order valence-electron chi connectivity index (χ4n) is 1.25. The highest BCUT2D eigenvalue weighted by Crippen LogP contribution is 2.12. The van der Waals surface area contributed by atoms with Crippen LogP contribution in [0.5, 0.6) is 0 Å². The molecule has 1 heterocycles. The van der Waals surface area contributed by atoms with Crippen LogP contribution in [0.25, 0.3) is 0 Å². The van der Waals surface area contributed by atoms with Crippen molar-refractivity contribution in [2.45, 2.75) is 12.8 Å². The molecule has 1 fully saturated rings. The average molecular weight is 228 g/mol. The molecule has 1 unspecified atom stereocenters. The van der Waals surface area contributed by atoms with Crippen molar-refractivity contribution in [1.82, 2.24) is 4.72 Å². The van der Waals surface area contributed by atoms with Crippen LogP contribution in [-0.4, -0.2) is 33.4 Å². The Hall–Kier alpha value is 0.160. The van der Waals surface area contributed by atoms with E-state index in [1.165, 1.54) is 0 Å². The van der Waals surface area contributed by atoms with E-state index in [4.69, 9.17) is 16.3 Å². The molecule has 78 valence electrons. The van der Waals surface area contributed by atoms with E-state index in [-0.39, 0.29) is 5.21 Å². The molecule has 0 radical (unpaired) electrons. The van der Waals surface area contributed by atoms with Crippen LogP contribution in [0, 0.1) is 5.92 Å². The molecule has 4 nitrogen and oxygen atoms in total. The van der Waals surface area contributed by atoms with Gasteiger partial charge in [-0.1, -0.05) is 0 Å². The Labute approximate surface area is 83.7 Å². The van der Waals surface area contributed by atoms with Crippen molar-refractivity contribution in [3.63, 3.8) is 0 Å². The molecule has 1 aliphatic rings. The topological polar surface area (TPSA) is 55.4 Å². The number of hydrogen-bond donors (Lipinski definition) is 1. The summed E-state index contributed by atoms with van der Waals surface area (Å²) in [7, 11) is -3.26. The smallest absolute Gasteiger partial charge is 0.225 e. The summed E-state index contributed by atoms with van der Waals surface area (Å²) in [6.45, 7) is 1.87. The van der Waals surface area contributed by atoms with E-state index in [0.717, 1.165) is 19.4 Å². The first-order chi connectivity index (χ1) is 6.14. The van der Waals surface area contributed by atoms with Gasteiger partial charge in [0, 0.05) is 13.2 Å².